The van der Waals surface area contributed by atoms with Crippen LogP contribution < -0.4 is 15.9 Å². The van der Waals surface area contributed by atoms with Crippen LogP contribution >= 0.6 is 36.4 Å². The van der Waals surface area contributed by atoms with E-state index in [2.05, 4.69) is 124 Å². The number of allylic oxidation sites excluding steroid dienone is 2. The molecule has 1 aliphatic carbocycles. The maximum absolute atomic E-state index is 10.7. The van der Waals surface area contributed by atoms with Crippen molar-refractivity contribution >= 4 is 58.3 Å². The molecule has 0 saturated carbocycles. The summed E-state index contributed by atoms with van der Waals surface area (Å²) in [6, 6.07) is 32.3. The third-order valence-electron chi connectivity index (χ3n) is 4.26. The van der Waals surface area contributed by atoms with Crippen molar-refractivity contribution in [3.63, 3.8) is 0 Å². The standard InChI is InChI=1S/C18H15P.C7H8O2.2BrH.Ni/c1-4-10-16(11-5-1)19(17-12-6-2-7-13-17)18-14-8-3-9-15-18;1-9-7(8)6-4-2-3-5-6;;;/h1-15H;2-6H,1H3;2*1H;/q;;;;+2/p-2. The van der Waals surface area contributed by atoms with Gasteiger partial charge in [-0.3, -0.25) is 4.79 Å². The Bertz CT molecular complexity index is 845. The first-order chi connectivity index (χ1) is 15.2. The first kappa shape index (κ1) is 25.8. The Morgan fingerprint density at radius 3 is 1.35 bits per heavy atom. The zero-order chi connectivity index (χ0) is 22.3. The quantitative estimate of drug-likeness (QED) is 0.206. The molecule has 6 heteroatoms. The van der Waals surface area contributed by atoms with Crippen LogP contribution in [0.4, 0.5) is 0 Å². The molecule has 164 valence electrons. The Balaban J connectivity index is 0.000000238. The van der Waals surface area contributed by atoms with Gasteiger partial charge in [-0.1, -0.05) is 115 Å². The number of carbonyl (C=O) groups is 1. The smallest absolute Gasteiger partial charge is 0.0134 e. The van der Waals surface area contributed by atoms with Crippen LogP contribution in [-0.4, -0.2) is 13.1 Å². The molecular weight excluding hydrogens is 582 g/mol. The number of esters is 1. The van der Waals surface area contributed by atoms with Crippen LogP contribution in [-0.2, 0) is 20.4 Å². The van der Waals surface area contributed by atoms with Gasteiger partial charge >= 0.3 is 45.3 Å². The summed E-state index contributed by atoms with van der Waals surface area (Å²) in [5, 5.41) is 4.19. The number of halogens is 2. The molecule has 0 N–H and O–H groups in total. The van der Waals surface area contributed by atoms with Crippen molar-refractivity contribution in [1.82, 2.24) is 0 Å². The van der Waals surface area contributed by atoms with E-state index in [1.165, 1.54) is 33.9 Å². The van der Waals surface area contributed by atoms with Crippen LogP contribution in [0, 0.1) is 5.92 Å². The average Bonchev–Trinajstić information content (AvgIpc) is 3.37. The second kappa shape index (κ2) is 15.3. The van der Waals surface area contributed by atoms with E-state index in [1.54, 1.807) is 12.2 Å². The molecule has 0 atom stereocenters. The third-order valence-corrected chi connectivity index (χ3v) is 6.71. The van der Waals surface area contributed by atoms with E-state index < -0.39 is 7.92 Å². The summed E-state index contributed by atoms with van der Waals surface area (Å²) in [6.07, 6.45) is 7.26. The van der Waals surface area contributed by atoms with Gasteiger partial charge in [0.25, 0.3) is 0 Å². The van der Waals surface area contributed by atoms with Crippen LogP contribution in [0.25, 0.3) is 0 Å². The van der Waals surface area contributed by atoms with Gasteiger partial charge in [0.15, 0.2) is 0 Å². The number of benzene rings is 3. The minimum atomic E-state index is -0.446. The van der Waals surface area contributed by atoms with Gasteiger partial charge in [-0.25, -0.2) is 0 Å². The molecule has 0 bridgehead atoms. The summed E-state index contributed by atoms with van der Waals surface area (Å²) in [7, 11) is 2.20. The van der Waals surface area contributed by atoms with Crippen LogP contribution in [0.1, 0.15) is 0 Å². The summed E-state index contributed by atoms with van der Waals surface area (Å²) >= 11 is 6.00. The molecule has 31 heavy (non-hydrogen) atoms. The van der Waals surface area contributed by atoms with Crippen molar-refractivity contribution in [3.8, 4) is 0 Å². The van der Waals surface area contributed by atoms with Gasteiger partial charge in [-0.05, 0) is 23.8 Å². The van der Waals surface area contributed by atoms with Crippen molar-refractivity contribution in [2.24, 2.45) is 5.92 Å². The fourth-order valence-corrected chi connectivity index (χ4v) is 5.21. The summed E-state index contributed by atoms with van der Waals surface area (Å²) in [5.74, 6) is -0.338. The number of hydrogen-bond acceptors (Lipinski definition) is 2. The number of carbonyl (C=O) groups excluding carboxylic acids is 1. The van der Waals surface area contributed by atoms with Gasteiger partial charge in [0, 0.05) is 0 Å². The molecule has 0 aliphatic heterocycles. The topological polar surface area (TPSA) is 26.3 Å². The Kier molecular flexibility index (Phi) is 12.7. The molecular formula is C25H23Br2NiO2P. The molecule has 2 nitrogen and oxygen atoms in total. The Morgan fingerprint density at radius 2 is 1.06 bits per heavy atom. The summed E-state index contributed by atoms with van der Waals surface area (Å²) in [5.41, 5.74) is 0. The zero-order valence-corrected chi connectivity index (χ0v) is 21.9. The van der Waals surface area contributed by atoms with E-state index in [9.17, 15) is 4.79 Å². The second-order valence-electron chi connectivity index (χ2n) is 6.21. The molecule has 0 radical (unpaired) electrons. The van der Waals surface area contributed by atoms with Crippen LogP contribution in [0.3, 0.4) is 0 Å². The van der Waals surface area contributed by atoms with E-state index in [4.69, 9.17) is 0 Å². The Morgan fingerprint density at radius 1 is 0.742 bits per heavy atom. The fourth-order valence-electron chi connectivity index (χ4n) is 2.90. The van der Waals surface area contributed by atoms with Crippen LogP contribution in [0.5, 0.6) is 0 Å². The van der Waals surface area contributed by atoms with Gasteiger partial charge in [0.05, 0.1) is 13.0 Å². The van der Waals surface area contributed by atoms with Crippen molar-refractivity contribution in [3.05, 3.63) is 115 Å². The zero-order valence-electron chi connectivity index (χ0n) is 16.9. The van der Waals surface area contributed by atoms with E-state index in [1.807, 2.05) is 12.2 Å². The van der Waals surface area contributed by atoms with E-state index in [0.29, 0.717) is 0 Å². The minimum Gasteiger partial charge on any atom is -0.0622 e. The molecule has 0 aromatic heterocycles. The summed E-state index contributed by atoms with van der Waals surface area (Å²) in [6.45, 7) is 0. The monoisotopic (exact) mass is 602 g/mol. The fraction of sp³-hybridized carbons (Fsp3) is 0.0800. The second-order valence-corrected chi connectivity index (χ2v) is 13.4. The van der Waals surface area contributed by atoms with Gasteiger partial charge in [-0.15, -0.1) is 0 Å². The average molecular weight is 605 g/mol. The summed E-state index contributed by atoms with van der Waals surface area (Å²) in [4.78, 5) is 10.7. The Hall–Kier alpha value is -1.51. The maximum atomic E-state index is 10.7. The SMILES string of the molecule is COC(=O)C1C=CC=C1.[Br][Ni][Br].c1ccc(P(c2ccccc2)c2ccccc2)cc1. The number of rotatable bonds is 4. The number of ether oxygens (including phenoxy) is 1. The summed E-state index contributed by atoms with van der Waals surface area (Å²) < 4.78 is 4.49. The molecule has 1 aliphatic rings. The third kappa shape index (κ3) is 8.87. The van der Waals surface area contributed by atoms with E-state index in [-0.39, 0.29) is 11.9 Å². The Labute approximate surface area is 205 Å². The molecule has 0 heterocycles. The van der Waals surface area contributed by atoms with Gasteiger partial charge in [0.1, 0.15) is 0 Å². The van der Waals surface area contributed by atoms with Crippen molar-refractivity contribution in [2.45, 2.75) is 0 Å². The molecule has 0 spiro atoms. The van der Waals surface area contributed by atoms with E-state index >= 15 is 0 Å². The van der Waals surface area contributed by atoms with Gasteiger partial charge in [-0.2, -0.15) is 0 Å². The normalized spacial score (nSPS) is 12.0. The van der Waals surface area contributed by atoms with Crippen molar-refractivity contribution < 1.29 is 20.4 Å². The van der Waals surface area contributed by atoms with Crippen molar-refractivity contribution in [1.29, 1.82) is 0 Å². The van der Waals surface area contributed by atoms with E-state index in [0.717, 1.165) is 0 Å². The molecule has 0 amide bonds. The number of hydrogen-bond donors (Lipinski definition) is 0. The van der Waals surface area contributed by atoms with Crippen LogP contribution in [0.2, 0.25) is 0 Å². The maximum Gasteiger partial charge on any atom is -0.0134 e. The minimum absolute atomic E-state index is 0.144. The first-order valence-electron chi connectivity index (χ1n) is 9.41. The van der Waals surface area contributed by atoms with Crippen LogP contribution in [0.15, 0.2) is 115 Å². The largest absolute Gasteiger partial charge is 0.0622 e. The van der Waals surface area contributed by atoms with Gasteiger partial charge < -0.3 is 4.74 Å². The van der Waals surface area contributed by atoms with Gasteiger partial charge in [0.2, 0.25) is 0 Å². The molecule has 0 unspecified atom stereocenters. The molecule has 0 saturated heterocycles. The molecule has 4 rings (SSSR count). The molecule has 3 aromatic carbocycles. The molecule has 3 aromatic rings. The predicted molar refractivity (Wildman–Crippen MR) is 137 cm³/mol. The number of methoxy groups -OCH3 is 1. The predicted octanol–water partition coefficient (Wildman–Crippen LogP) is 6.04. The molecule has 0 fully saturated rings. The first-order valence-corrected chi connectivity index (χ1v) is 15.6. The van der Waals surface area contributed by atoms with Crippen molar-refractivity contribution in [2.75, 3.05) is 7.11 Å².